The van der Waals surface area contributed by atoms with Gasteiger partial charge in [0.25, 0.3) is 0 Å². The van der Waals surface area contributed by atoms with Crippen LogP contribution in [0.5, 0.6) is 0 Å². The highest BCUT2D eigenvalue weighted by molar-refractivity contribution is 6.30. The molecular weight excluding hydrogens is 706 g/mol. The fraction of sp³-hybridized carbons (Fsp3) is 0.429. The number of hydrogen-bond acceptors (Lipinski definition) is 4. The van der Waals surface area contributed by atoms with Gasteiger partial charge in [-0.3, -0.25) is 0 Å². The minimum absolute atomic E-state index is 0. The Morgan fingerprint density at radius 1 is 0.680 bits per heavy atom. The Morgan fingerprint density at radius 2 is 1.08 bits per heavy atom. The van der Waals surface area contributed by atoms with Crippen molar-refractivity contribution in [2.45, 2.75) is 75.7 Å². The van der Waals surface area contributed by atoms with Crippen molar-refractivity contribution >= 4 is 47.2 Å². The molecule has 0 amide bonds. The summed E-state index contributed by atoms with van der Waals surface area (Å²) in [5.41, 5.74) is 1.64. The Morgan fingerprint density at radius 3 is 1.52 bits per heavy atom. The first-order valence-electron chi connectivity index (χ1n) is 19.0. The summed E-state index contributed by atoms with van der Waals surface area (Å²) in [4.78, 5) is 4.41. The molecule has 2 fully saturated rings. The highest BCUT2D eigenvalue weighted by Gasteiger charge is 2.31. The first-order valence-corrected chi connectivity index (χ1v) is 18.2. The zero-order valence-corrected chi connectivity index (χ0v) is 32.6. The van der Waals surface area contributed by atoms with Gasteiger partial charge in [0.2, 0.25) is 0 Å². The van der Waals surface area contributed by atoms with E-state index in [2.05, 4.69) is 16.8 Å². The van der Waals surface area contributed by atoms with Gasteiger partial charge in [0.15, 0.2) is 0 Å². The molecule has 272 valence electrons. The number of rotatable bonds is 10. The maximum atomic E-state index is 10.5. The number of ether oxygens (including phenoxy) is 1. The molecule has 8 heteroatoms. The van der Waals surface area contributed by atoms with Gasteiger partial charge in [-0.25, -0.2) is 0 Å². The van der Waals surface area contributed by atoms with E-state index >= 15 is 0 Å². The fourth-order valence-corrected chi connectivity index (χ4v) is 6.79. The van der Waals surface area contributed by atoms with Crippen molar-refractivity contribution in [3.63, 3.8) is 0 Å². The van der Waals surface area contributed by atoms with Crippen LogP contribution in [0, 0.1) is 0 Å². The van der Waals surface area contributed by atoms with Crippen molar-refractivity contribution in [3.8, 4) is 0 Å². The normalized spacial score (nSPS) is 21.7. The molecule has 4 aromatic carbocycles. The molecule has 2 aliphatic rings. The molecule has 0 aliphatic carbocycles. The van der Waals surface area contributed by atoms with E-state index < -0.39 is 23.6 Å². The van der Waals surface area contributed by atoms with Gasteiger partial charge < -0.3 is 19.6 Å². The van der Waals surface area contributed by atoms with Crippen molar-refractivity contribution in [3.05, 3.63) is 141 Å². The predicted octanol–water partition coefficient (Wildman–Crippen LogP) is 10.8. The second kappa shape index (κ2) is 20.8. The summed E-state index contributed by atoms with van der Waals surface area (Å²) < 4.78 is 37.7. The van der Waals surface area contributed by atoms with Gasteiger partial charge in [-0.05, 0) is 126 Å². The average Bonchev–Trinajstić information content (AvgIpc) is 3.71. The molecule has 2 aliphatic heterocycles. The lowest BCUT2D eigenvalue weighted by molar-refractivity contribution is -0.0117. The van der Waals surface area contributed by atoms with Crippen LogP contribution in [0.4, 0.5) is 0 Å². The summed E-state index contributed by atoms with van der Waals surface area (Å²) in [7, 11) is 4.09. The molecular formula is C42H54Cl4N2O2. The molecule has 0 aromatic heterocycles. The number of nitrogens with zero attached hydrogens (tertiary/aromatic N) is 2. The van der Waals surface area contributed by atoms with E-state index in [1.54, 1.807) is 19.1 Å². The van der Waals surface area contributed by atoms with Crippen molar-refractivity contribution in [1.29, 1.82) is 0 Å². The Labute approximate surface area is 327 Å². The third-order valence-electron chi connectivity index (χ3n) is 9.71. The molecule has 2 heterocycles. The predicted molar refractivity (Wildman–Crippen MR) is 215 cm³/mol. The topological polar surface area (TPSA) is 35.9 Å². The summed E-state index contributed by atoms with van der Waals surface area (Å²) in [6, 6.07) is 34.7. The molecule has 6 rings (SSSR count). The lowest BCUT2D eigenvalue weighted by Gasteiger charge is -2.32. The molecule has 0 bridgehead atoms. The van der Waals surface area contributed by atoms with Crippen LogP contribution >= 0.6 is 47.2 Å². The summed E-state index contributed by atoms with van der Waals surface area (Å²) in [5.74, 6) is -1.52. The molecule has 4 nitrogen and oxygen atoms in total. The largest absolute Gasteiger partial charge is 0.381 e. The van der Waals surface area contributed by atoms with Gasteiger partial charge in [0.1, 0.15) is 11.2 Å². The first kappa shape index (κ1) is 36.2. The average molecular weight is 765 g/mol. The number of likely N-dealkylation sites (tertiary alicyclic amines) is 2. The van der Waals surface area contributed by atoms with E-state index in [1.165, 1.54) is 6.42 Å². The van der Waals surface area contributed by atoms with Gasteiger partial charge in [-0.1, -0.05) is 108 Å². The quantitative estimate of drug-likeness (QED) is 0.163. The number of alkyl halides is 1. The molecule has 0 radical (unpaired) electrons. The second-order valence-corrected chi connectivity index (χ2v) is 14.3. The third-order valence-corrected chi connectivity index (χ3v) is 10.4. The number of halogens is 4. The van der Waals surface area contributed by atoms with Gasteiger partial charge in [0.05, 0.1) is 2.74 Å². The number of hydrogen-bond donors (Lipinski definition) is 1. The Balaban J connectivity index is 0.000000238. The number of aliphatic hydroxyl groups is 1. The van der Waals surface area contributed by atoms with Crippen LogP contribution in [0.3, 0.4) is 0 Å². The second-order valence-electron chi connectivity index (χ2n) is 13.2. The van der Waals surface area contributed by atoms with Gasteiger partial charge in [-0.15, -0.1) is 24.0 Å². The molecule has 4 atom stereocenters. The van der Waals surface area contributed by atoms with E-state index in [0.717, 1.165) is 54.6 Å². The molecule has 0 spiro atoms. The van der Waals surface area contributed by atoms with Crippen LogP contribution in [0.2, 0.25) is 10.0 Å². The zero-order chi connectivity index (χ0) is 38.9. The lowest BCUT2D eigenvalue weighted by atomic mass is 9.88. The molecule has 2 saturated heterocycles. The van der Waals surface area contributed by atoms with Crippen LogP contribution in [-0.2, 0) is 15.9 Å². The maximum absolute atomic E-state index is 10.5. The van der Waals surface area contributed by atoms with Crippen LogP contribution < -0.4 is 0 Å². The first-order chi connectivity index (χ1) is 24.9. The summed E-state index contributed by atoms with van der Waals surface area (Å²) in [5, 5.41) is 11.8. The van der Waals surface area contributed by atoms with E-state index in [4.69, 9.17) is 45.0 Å². The molecule has 1 N–H and O–H groups in total. The Bertz CT molecular complexity index is 1680. The smallest absolute Gasteiger partial charge is 0.115 e. The van der Waals surface area contributed by atoms with E-state index in [1.807, 2.05) is 111 Å². The summed E-state index contributed by atoms with van der Waals surface area (Å²) in [6.45, 7) is 4.08. The fourth-order valence-electron chi connectivity index (χ4n) is 6.36. The van der Waals surface area contributed by atoms with Crippen LogP contribution in [0.15, 0.2) is 109 Å². The minimum Gasteiger partial charge on any atom is -0.381 e. The van der Waals surface area contributed by atoms with Gasteiger partial charge >= 0.3 is 0 Å². The standard InChI is InChI=1S/C21H26ClNO.C14H13ClO.C7H14ClN.ClH/c1-21(17-7-4-3-5-8-17,18-10-12-19(22)13-11-18)24-16-14-20-9-6-15-23(20)2;1-14(16,11-5-3-2-4-6-11)12-7-9-13(15)10-8-12;1-9-6-2-3-7(9)4-5-8;/h3-5,7-8,10-13,20H,6,9,14-16H2,1-2H3;2-10,16H,1H3;7H,2-6H2,1H3;1H/t20-,21?;;7-;/m1.1./s1/i16D2;;5D2;. The highest BCUT2D eigenvalue weighted by Crippen LogP contribution is 2.35. The summed E-state index contributed by atoms with van der Waals surface area (Å²) in [6.07, 6.45) is 5.20. The van der Waals surface area contributed by atoms with E-state index in [-0.39, 0.29) is 18.4 Å². The SMILES string of the molecule is CC(O)(c1ccccc1)c1ccc(Cl)cc1.Cl.[2H]C([2H])(C[C@H]1CCCN1C)OC(C)(c1ccccc1)c1ccc(Cl)cc1.[2H]C([2H])(Cl)C[C@H]1CCCN1C. The van der Waals surface area contributed by atoms with Gasteiger partial charge in [-0.2, -0.15) is 0 Å². The van der Waals surface area contributed by atoms with Crippen LogP contribution in [0.25, 0.3) is 0 Å². The van der Waals surface area contributed by atoms with Crippen molar-refractivity contribution in [2.75, 3.05) is 39.6 Å². The van der Waals surface area contributed by atoms with Crippen LogP contribution in [-0.4, -0.2) is 66.6 Å². The Kier molecular flexibility index (Phi) is 15.1. The van der Waals surface area contributed by atoms with Crippen molar-refractivity contribution in [1.82, 2.24) is 9.80 Å². The monoisotopic (exact) mass is 762 g/mol. The van der Waals surface area contributed by atoms with Gasteiger partial charge in [0, 0.05) is 37.3 Å². The third kappa shape index (κ3) is 12.0. The van der Waals surface area contributed by atoms with Crippen LogP contribution in [0.1, 0.15) is 80.1 Å². The number of benzene rings is 4. The zero-order valence-electron chi connectivity index (χ0n) is 33.5. The maximum Gasteiger partial charge on any atom is 0.115 e. The molecule has 50 heavy (non-hydrogen) atoms. The summed E-state index contributed by atoms with van der Waals surface area (Å²) >= 11 is 17.4. The van der Waals surface area contributed by atoms with Crippen molar-refractivity contribution < 1.29 is 15.3 Å². The van der Waals surface area contributed by atoms with E-state index in [0.29, 0.717) is 28.9 Å². The Hall–Kier alpha value is -2.12. The molecule has 0 saturated carbocycles. The lowest BCUT2D eigenvalue weighted by Crippen LogP contribution is -2.31. The molecule has 2 unspecified atom stereocenters. The van der Waals surface area contributed by atoms with Crippen molar-refractivity contribution in [2.24, 2.45) is 0 Å². The highest BCUT2D eigenvalue weighted by atomic mass is 35.5. The molecule has 4 aromatic rings. The minimum atomic E-state index is -1.74. The van der Waals surface area contributed by atoms with E-state index in [9.17, 15) is 5.11 Å².